The summed E-state index contributed by atoms with van der Waals surface area (Å²) in [5, 5.41) is 11.6. The lowest BCUT2D eigenvalue weighted by Crippen LogP contribution is -2.20. The number of nitrogens with one attached hydrogen (secondary N) is 1. The molecule has 0 unspecified atom stereocenters. The van der Waals surface area contributed by atoms with Gasteiger partial charge in [-0.15, -0.1) is 0 Å². The normalized spacial score (nSPS) is 11.1. The van der Waals surface area contributed by atoms with Gasteiger partial charge in [0.05, 0.1) is 18.2 Å². The Bertz CT molecular complexity index is 443. The Morgan fingerprint density at radius 2 is 2.11 bits per heavy atom. The molecule has 98 valence electrons. The van der Waals surface area contributed by atoms with Crippen LogP contribution in [0.2, 0.25) is 0 Å². The van der Waals surface area contributed by atoms with Crippen molar-refractivity contribution in [1.29, 1.82) is 5.26 Å². The van der Waals surface area contributed by atoms with Crippen molar-refractivity contribution < 1.29 is 17.9 Å². The molecule has 1 aromatic rings. The molecule has 1 aromatic carbocycles. The topological polar surface area (TPSA) is 45.0 Å². The van der Waals surface area contributed by atoms with E-state index in [1.807, 2.05) is 6.07 Å². The third-order valence-electron chi connectivity index (χ3n) is 1.93. The van der Waals surface area contributed by atoms with Crippen LogP contribution in [0.25, 0.3) is 0 Å². The van der Waals surface area contributed by atoms with Crippen LogP contribution in [0, 0.1) is 11.3 Å². The largest absolute Gasteiger partial charge is 0.411 e. The fourth-order valence-electron chi connectivity index (χ4n) is 1.17. The highest BCUT2D eigenvalue weighted by Gasteiger charge is 2.27. The molecular weight excluding hydrogens is 313 g/mol. The van der Waals surface area contributed by atoms with Crippen molar-refractivity contribution in [1.82, 2.24) is 0 Å². The average Bonchev–Trinajstić information content (AvgIpc) is 2.29. The molecule has 0 amide bonds. The molecule has 0 aliphatic heterocycles. The van der Waals surface area contributed by atoms with Crippen LogP contribution in [0.15, 0.2) is 22.7 Å². The first kappa shape index (κ1) is 14.8. The molecule has 0 aromatic heterocycles. The number of ether oxygens (including phenoxy) is 1. The molecule has 3 nitrogen and oxygen atoms in total. The number of nitrogens with zero attached hydrogens (tertiary/aromatic N) is 1. The summed E-state index contributed by atoms with van der Waals surface area (Å²) in [7, 11) is 0. The highest BCUT2D eigenvalue weighted by atomic mass is 79.9. The van der Waals surface area contributed by atoms with E-state index >= 15 is 0 Å². The molecule has 1 rings (SSSR count). The smallest absolute Gasteiger partial charge is 0.382 e. The molecule has 0 atom stereocenters. The fraction of sp³-hybridized carbons (Fsp3) is 0.364. The summed E-state index contributed by atoms with van der Waals surface area (Å²) in [6, 6.07) is 6.89. The lowest BCUT2D eigenvalue weighted by molar-refractivity contribution is -0.172. The molecule has 0 saturated heterocycles. The van der Waals surface area contributed by atoms with E-state index in [0.717, 1.165) is 0 Å². The van der Waals surface area contributed by atoms with Gasteiger partial charge in [0.25, 0.3) is 0 Å². The molecule has 0 spiro atoms. The summed E-state index contributed by atoms with van der Waals surface area (Å²) >= 11 is 3.25. The summed E-state index contributed by atoms with van der Waals surface area (Å²) in [5.74, 6) is 0. The third-order valence-corrected chi connectivity index (χ3v) is 2.58. The Morgan fingerprint density at radius 3 is 2.67 bits per heavy atom. The second-order valence-corrected chi connectivity index (χ2v) is 4.26. The van der Waals surface area contributed by atoms with Gasteiger partial charge in [-0.05, 0) is 34.1 Å². The molecule has 0 aliphatic carbocycles. The van der Waals surface area contributed by atoms with Crippen LogP contribution < -0.4 is 5.32 Å². The molecule has 18 heavy (non-hydrogen) atoms. The maximum atomic E-state index is 11.8. The molecule has 0 radical (unpaired) electrons. The van der Waals surface area contributed by atoms with Crippen LogP contribution in [0.5, 0.6) is 0 Å². The van der Waals surface area contributed by atoms with E-state index in [1.165, 1.54) is 0 Å². The number of hydrogen-bond acceptors (Lipinski definition) is 3. The molecule has 0 saturated carbocycles. The van der Waals surface area contributed by atoms with E-state index in [4.69, 9.17) is 5.26 Å². The van der Waals surface area contributed by atoms with Gasteiger partial charge in [0.2, 0.25) is 0 Å². The van der Waals surface area contributed by atoms with Crippen LogP contribution in [0.1, 0.15) is 5.56 Å². The number of rotatable bonds is 5. The molecule has 0 heterocycles. The van der Waals surface area contributed by atoms with Crippen LogP contribution in [0.4, 0.5) is 18.9 Å². The van der Waals surface area contributed by atoms with Gasteiger partial charge >= 0.3 is 6.18 Å². The first-order valence-corrected chi connectivity index (χ1v) is 5.80. The van der Waals surface area contributed by atoms with Gasteiger partial charge in [-0.25, -0.2) is 0 Å². The molecule has 0 aliphatic rings. The fourth-order valence-corrected chi connectivity index (χ4v) is 1.69. The van der Waals surface area contributed by atoms with E-state index in [9.17, 15) is 13.2 Å². The van der Waals surface area contributed by atoms with Gasteiger partial charge < -0.3 is 10.1 Å². The number of halogens is 4. The van der Waals surface area contributed by atoms with Gasteiger partial charge in [-0.3, -0.25) is 0 Å². The zero-order valence-electron chi connectivity index (χ0n) is 9.22. The van der Waals surface area contributed by atoms with E-state index in [1.54, 1.807) is 18.2 Å². The van der Waals surface area contributed by atoms with Crippen molar-refractivity contribution in [2.24, 2.45) is 0 Å². The van der Waals surface area contributed by atoms with Crippen LogP contribution in [-0.4, -0.2) is 25.9 Å². The SMILES string of the molecule is N#Cc1ccc(NCCOCC(F)(F)F)c(Br)c1. The molecule has 7 heteroatoms. The summed E-state index contributed by atoms with van der Waals surface area (Å²) in [4.78, 5) is 0. The maximum absolute atomic E-state index is 11.8. The molecule has 0 bridgehead atoms. The van der Waals surface area contributed by atoms with Gasteiger partial charge in [-0.2, -0.15) is 18.4 Å². The van der Waals surface area contributed by atoms with E-state index in [2.05, 4.69) is 26.0 Å². The molecular formula is C11H10BrF3N2O. The summed E-state index contributed by atoms with van der Waals surface area (Å²) in [6.45, 7) is -1.05. The Balaban J connectivity index is 2.34. The van der Waals surface area contributed by atoms with E-state index in [0.29, 0.717) is 15.7 Å². The number of nitriles is 1. The second kappa shape index (κ2) is 6.61. The number of benzene rings is 1. The van der Waals surface area contributed by atoms with Gasteiger partial charge in [0.15, 0.2) is 0 Å². The summed E-state index contributed by atoms with van der Waals surface area (Å²) in [6.07, 6.45) is -4.30. The Kier molecular flexibility index (Phi) is 5.44. The molecule has 1 N–H and O–H groups in total. The second-order valence-electron chi connectivity index (χ2n) is 3.40. The quantitative estimate of drug-likeness (QED) is 0.846. The standard InChI is InChI=1S/C11H10BrF3N2O/c12-9-5-8(6-16)1-2-10(9)17-3-4-18-7-11(13,14)15/h1-2,5,17H,3-4,7H2. The van der Waals surface area contributed by atoms with Gasteiger partial charge in [0.1, 0.15) is 6.61 Å². The molecule has 0 fully saturated rings. The van der Waals surface area contributed by atoms with E-state index in [-0.39, 0.29) is 13.2 Å². The van der Waals surface area contributed by atoms with Crippen molar-refractivity contribution in [3.63, 3.8) is 0 Å². The van der Waals surface area contributed by atoms with Gasteiger partial charge in [-0.1, -0.05) is 0 Å². The lowest BCUT2D eigenvalue weighted by Gasteiger charge is -2.10. The van der Waals surface area contributed by atoms with Crippen LogP contribution in [-0.2, 0) is 4.74 Å². The Morgan fingerprint density at radius 1 is 1.39 bits per heavy atom. The Labute approximate surface area is 111 Å². The summed E-state index contributed by atoms with van der Waals surface area (Å²) < 4.78 is 40.4. The van der Waals surface area contributed by atoms with Crippen LogP contribution in [0.3, 0.4) is 0 Å². The van der Waals surface area contributed by atoms with E-state index < -0.39 is 12.8 Å². The predicted octanol–water partition coefficient (Wildman–Crippen LogP) is 3.31. The highest BCUT2D eigenvalue weighted by Crippen LogP contribution is 2.23. The predicted molar refractivity (Wildman–Crippen MR) is 64.2 cm³/mol. The zero-order chi connectivity index (χ0) is 13.6. The average molecular weight is 323 g/mol. The summed E-state index contributed by atoms with van der Waals surface area (Å²) in [5.41, 5.74) is 1.20. The van der Waals surface area contributed by atoms with Crippen molar-refractivity contribution >= 4 is 21.6 Å². The first-order chi connectivity index (χ1) is 8.42. The highest BCUT2D eigenvalue weighted by molar-refractivity contribution is 9.10. The van der Waals surface area contributed by atoms with Crippen molar-refractivity contribution in [3.05, 3.63) is 28.2 Å². The first-order valence-electron chi connectivity index (χ1n) is 5.00. The number of hydrogen-bond donors (Lipinski definition) is 1. The van der Waals surface area contributed by atoms with Crippen molar-refractivity contribution in [2.45, 2.75) is 6.18 Å². The van der Waals surface area contributed by atoms with Gasteiger partial charge in [0, 0.05) is 16.7 Å². The zero-order valence-corrected chi connectivity index (χ0v) is 10.8. The maximum Gasteiger partial charge on any atom is 0.411 e. The van der Waals surface area contributed by atoms with Crippen molar-refractivity contribution in [3.8, 4) is 6.07 Å². The minimum atomic E-state index is -4.30. The monoisotopic (exact) mass is 322 g/mol. The van der Waals surface area contributed by atoms with Crippen molar-refractivity contribution in [2.75, 3.05) is 25.1 Å². The number of anilines is 1. The number of alkyl halides is 3. The minimum Gasteiger partial charge on any atom is -0.382 e. The van der Waals surface area contributed by atoms with Crippen LogP contribution >= 0.6 is 15.9 Å². The third kappa shape index (κ3) is 5.38. The lowest BCUT2D eigenvalue weighted by atomic mass is 10.2. The Hall–Kier alpha value is -1.26. The minimum absolute atomic E-state index is 0.0497.